The largest absolute Gasteiger partial charge is 0.462 e. The molecule has 30 heavy (non-hydrogen) atoms. The molecule has 2 aromatic carbocycles. The third-order valence-electron chi connectivity index (χ3n) is 4.71. The van der Waals surface area contributed by atoms with Crippen LogP contribution < -0.4 is 0 Å². The molecular weight excluding hydrogens is 376 g/mol. The zero-order valence-corrected chi connectivity index (χ0v) is 18.3. The summed E-state index contributed by atoms with van der Waals surface area (Å²) in [4.78, 5) is 23.1. The van der Waals surface area contributed by atoms with Crippen LogP contribution in [0, 0.1) is 6.92 Å². The van der Waals surface area contributed by atoms with Gasteiger partial charge in [0.1, 0.15) is 6.10 Å². The molecule has 0 spiro atoms. The van der Waals surface area contributed by atoms with Gasteiger partial charge in [0.05, 0.1) is 6.61 Å². The predicted molar refractivity (Wildman–Crippen MR) is 122 cm³/mol. The van der Waals surface area contributed by atoms with Gasteiger partial charge in [-0.3, -0.25) is 0 Å². The molecule has 0 N–H and O–H groups in total. The summed E-state index contributed by atoms with van der Waals surface area (Å²) in [5, 5.41) is 2.28. The normalized spacial score (nSPS) is 12.0. The van der Waals surface area contributed by atoms with E-state index in [0.29, 0.717) is 17.8 Å². The van der Waals surface area contributed by atoms with Gasteiger partial charge in [-0.1, -0.05) is 49.6 Å². The lowest BCUT2D eigenvalue weighted by molar-refractivity contribution is -0.141. The van der Waals surface area contributed by atoms with Gasteiger partial charge >= 0.3 is 11.9 Å². The van der Waals surface area contributed by atoms with Crippen molar-refractivity contribution in [1.82, 2.24) is 0 Å². The Hall–Kier alpha value is -3.14. The number of carbonyl (C=O) groups is 2. The van der Waals surface area contributed by atoms with E-state index in [1.807, 2.05) is 19.1 Å². The smallest absolute Gasteiger partial charge is 0.333 e. The maximum absolute atomic E-state index is 11.7. The Bertz CT molecular complexity index is 998. The van der Waals surface area contributed by atoms with Crippen molar-refractivity contribution in [2.75, 3.05) is 6.61 Å². The van der Waals surface area contributed by atoms with Crippen LogP contribution in [0.1, 0.15) is 43.9 Å². The summed E-state index contributed by atoms with van der Waals surface area (Å²) in [6.45, 7) is 14.7. The third kappa shape index (κ3) is 6.45. The molecule has 0 amide bonds. The highest BCUT2D eigenvalue weighted by Gasteiger charge is 2.09. The Balaban J connectivity index is 2.11. The second kappa shape index (κ2) is 10.6. The molecule has 0 aliphatic carbocycles. The van der Waals surface area contributed by atoms with Crippen molar-refractivity contribution in [2.24, 2.45) is 0 Å². The van der Waals surface area contributed by atoms with Crippen LogP contribution in [0.25, 0.3) is 16.8 Å². The first-order chi connectivity index (χ1) is 14.2. The highest BCUT2D eigenvalue weighted by atomic mass is 16.5. The van der Waals surface area contributed by atoms with Crippen molar-refractivity contribution in [1.29, 1.82) is 0 Å². The Kier molecular flexibility index (Phi) is 8.16. The summed E-state index contributed by atoms with van der Waals surface area (Å²) in [5.41, 5.74) is 4.25. The van der Waals surface area contributed by atoms with Crippen LogP contribution in [0.2, 0.25) is 0 Å². The molecule has 0 aliphatic heterocycles. The number of aryl methyl sites for hydroxylation is 2. The quantitative estimate of drug-likeness (QED) is 0.304. The van der Waals surface area contributed by atoms with Crippen molar-refractivity contribution in [3.63, 3.8) is 0 Å². The van der Waals surface area contributed by atoms with E-state index >= 15 is 0 Å². The summed E-state index contributed by atoms with van der Waals surface area (Å²) >= 11 is 0. The number of benzene rings is 2. The molecule has 0 saturated carbocycles. The van der Waals surface area contributed by atoms with Crippen LogP contribution in [0.5, 0.6) is 0 Å². The Morgan fingerprint density at radius 1 is 1.07 bits per heavy atom. The van der Waals surface area contributed by atoms with Crippen LogP contribution in [-0.2, 0) is 25.5 Å². The van der Waals surface area contributed by atoms with Gasteiger partial charge in [0.15, 0.2) is 0 Å². The first-order valence-electron chi connectivity index (χ1n) is 10.1. The highest BCUT2D eigenvalue weighted by Crippen LogP contribution is 2.25. The lowest BCUT2D eigenvalue weighted by Crippen LogP contribution is -2.12. The molecule has 4 heteroatoms. The van der Waals surface area contributed by atoms with Gasteiger partial charge in [0.25, 0.3) is 0 Å². The second-order valence-corrected chi connectivity index (χ2v) is 7.62. The zero-order chi connectivity index (χ0) is 22.3. The van der Waals surface area contributed by atoms with Crippen LogP contribution in [0.15, 0.2) is 60.7 Å². The first-order valence-corrected chi connectivity index (χ1v) is 10.1. The van der Waals surface area contributed by atoms with Gasteiger partial charge < -0.3 is 9.47 Å². The van der Waals surface area contributed by atoms with Crippen molar-refractivity contribution in [3.8, 4) is 0 Å². The van der Waals surface area contributed by atoms with Gasteiger partial charge in [-0.2, -0.15) is 0 Å². The van der Waals surface area contributed by atoms with Gasteiger partial charge in [-0.15, -0.1) is 0 Å². The minimum Gasteiger partial charge on any atom is -0.462 e. The van der Waals surface area contributed by atoms with E-state index < -0.39 is 0 Å². The van der Waals surface area contributed by atoms with E-state index in [4.69, 9.17) is 9.47 Å². The SMILES string of the molecule is C=C(C)C(=O)OCCCc1ccc2c(/C=C\C(C)OC(=O)C(=C)C)c(C)ccc2c1. The van der Waals surface area contributed by atoms with Crippen molar-refractivity contribution in [2.45, 2.75) is 46.6 Å². The summed E-state index contributed by atoms with van der Waals surface area (Å²) in [5.74, 6) is -0.732. The van der Waals surface area contributed by atoms with Gasteiger partial charge in [0, 0.05) is 11.1 Å². The maximum atomic E-state index is 11.7. The van der Waals surface area contributed by atoms with Crippen LogP contribution in [0.3, 0.4) is 0 Å². The molecule has 4 nitrogen and oxygen atoms in total. The molecule has 0 radical (unpaired) electrons. The number of hydrogen-bond acceptors (Lipinski definition) is 4. The number of carbonyl (C=O) groups excluding carboxylic acids is 2. The van der Waals surface area contributed by atoms with Gasteiger partial charge in [-0.05, 0) is 74.1 Å². The molecule has 0 fully saturated rings. The summed E-state index contributed by atoms with van der Waals surface area (Å²) in [6, 6.07) is 10.6. The highest BCUT2D eigenvalue weighted by molar-refractivity contribution is 5.92. The van der Waals surface area contributed by atoms with E-state index in [2.05, 4.69) is 50.4 Å². The van der Waals surface area contributed by atoms with Crippen molar-refractivity contribution >= 4 is 28.8 Å². The van der Waals surface area contributed by atoms with E-state index in [1.54, 1.807) is 13.8 Å². The number of rotatable bonds is 9. The zero-order valence-electron chi connectivity index (χ0n) is 18.3. The molecule has 0 saturated heterocycles. The van der Waals surface area contributed by atoms with Crippen molar-refractivity contribution < 1.29 is 19.1 Å². The maximum Gasteiger partial charge on any atom is 0.333 e. The van der Waals surface area contributed by atoms with Crippen LogP contribution in [-0.4, -0.2) is 24.6 Å². The molecule has 0 heterocycles. The molecule has 2 aromatic rings. The summed E-state index contributed by atoms with van der Waals surface area (Å²) in [7, 11) is 0. The monoisotopic (exact) mass is 406 g/mol. The first kappa shape index (κ1) is 23.1. The van der Waals surface area contributed by atoms with Crippen LogP contribution in [0.4, 0.5) is 0 Å². The van der Waals surface area contributed by atoms with E-state index in [-0.39, 0.29) is 18.0 Å². The molecule has 1 unspecified atom stereocenters. The Morgan fingerprint density at radius 3 is 2.43 bits per heavy atom. The number of esters is 2. The average Bonchev–Trinajstić information content (AvgIpc) is 2.70. The fourth-order valence-corrected chi connectivity index (χ4v) is 2.99. The Labute approximate surface area is 178 Å². The average molecular weight is 407 g/mol. The molecule has 0 aromatic heterocycles. The van der Waals surface area contributed by atoms with Gasteiger partial charge in [0.2, 0.25) is 0 Å². The summed E-state index contributed by atoms with van der Waals surface area (Å²) in [6.07, 6.45) is 5.13. The number of ether oxygens (including phenoxy) is 2. The van der Waals surface area contributed by atoms with E-state index in [9.17, 15) is 9.59 Å². The molecule has 0 bridgehead atoms. The predicted octanol–water partition coefficient (Wildman–Crippen LogP) is 5.72. The topological polar surface area (TPSA) is 52.6 Å². The lowest BCUT2D eigenvalue weighted by Gasteiger charge is -2.11. The summed E-state index contributed by atoms with van der Waals surface area (Å²) < 4.78 is 10.5. The molecule has 0 aliphatic rings. The van der Waals surface area contributed by atoms with E-state index in [1.165, 1.54) is 5.56 Å². The minimum absolute atomic E-state index is 0.343. The third-order valence-corrected chi connectivity index (χ3v) is 4.71. The standard InChI is InChI=1S/C26H30O4/c1-17(2)25(27)29-15-7-8-21-11-14-24-22(16-21)12-9-19(5)23(24)13-10-20(6)30-26(28)18(3)4/h9-14,16,20H,1,3,7-8,15H2,2,4-6H3/b13-10-. The van der Waals surface area contributed by atoms with Gasteiger partial charge in [-0.25, -0.2) is 9.59 Å². The number of hydrogen-bond donors (Lipinski definition) is 0. The minimum atomic E-state index is -0.389. The number of fused-ring (bicyclic) bond motifs is 1. The molecular formula is C26H30O4. The second-order valence-electron chi connectivity index (χ2n) is 7.62. The molecule has 2 rings (SSSR count). The van der Waals surface area contributed by atoms with Crippen LogP contribution >= 0.6 is 0 Å². The molecule has 158 valence electrons. The molecule has 1 atom stereocenters. The van der Waals surface area contributed by atoms with Crippen molar-refractivity contribution in [3.05, 3.63) is 77.4 Å². The lowest BCUT2D eigenvalue weighted by atomic mass is 9.96. The fourth-order valence-electron chi connectivity index (χ4n) is 2.99. The van der Waals surface area contributed by atoms with E-state index in [0.717, 1.165) is 34.7 Å². The fraction of sp³-hybridized carbons (Fsp3) is 0.308. The Morgan fingerprint density at radius 2 is 1.77 bits per heavy atom.